The largest absolute Gasteiger partial charge is 0.493 e. The van der Waals surface area contributed by atoms with Gasteiger partial charge in [-0.25, -0.2) is 4.40 Å². The van der Waals surface area contributed by atoms with Gasteiger partial charge in [-0.3, -0.25) is 4.79 Å². The van der Waals surface area contributed by atoms with Crippen LogP contribution in [0.4, 0.5) is 0 Å². The molecular weight excluding hydrogens is 462 g/mol. The lowest BCUT2D eigenvalue weighted by atomic mass is 10.1. The van der Waals surface area contributed by atoms with Crippen LogP contribution >= 0.6 is 11.3 Å². The van der Waals surface area contributed by atoms with Crippen LogP contribution in [0.15, 0.2) is 29.1 Å². The summed E-state index contributed by atoms with van der Waals surface area (Å²) in [7, 11) is 9.17. The normalized spacial score (nSPS) is 11.5. The van der Waals surface area contributed by atoms with E-state index in [4.69, 9.17) is 28.4 Å². The van der Waals surface area contributed by atoms with E-state index in [2.05, 4.69) is 10.2 Å². The van der Waals surface area contributed by atoms with Gasteiger partial charge in [-0.1, -0.05) is 11.3 Å². The molecule has 0 saturated heterocycles. The third-order valence-corrected chi connectivity index (χ3v) is 6.12. The lowest BCUT2D eigenvalue weighted by Gasteiger charge is -2.13. The van der Waals surface area contributed by atoms with Crippen molar-refractivity contribution in [3.63, 3.8) is 0 Å². The van der Waals surface area contributed by atoms with Crippen LogP contribution in [-0.2, 0) is 0 Å². The van der Waals surface area contributed by atoms with Crippen LogP contribution in [0, 0.1) is 0 Å². The highest BCUT2D eigenvalue weighted by Crippen LogP contribution is 2.41. The number of aromatic nitrogens is 3. The van der Waals surface area contributed by atoms with Crippen LogP contribution in [0.3, 0.4) is 0 Å². The Bertz CT molecular complexity index is 1410. The highest BCUT2D eigenvalue weighted by atomic mass is 32.1. The molecule has 0 aliphatic heterocycles. The minimum absolute atomic E-state index is 0.262. The lowest BCUT2D eigenvalue weighted by Crippen LogP contribution is -2.23. The van der Waals surface area contributed by atoms with Gasteiger partial charge in [0.25, 0.3) is 5.56 Å². The summed E-state index contributed by atoms with van der Waals surface area (Å²) in [6.45, 7) is 0. The summed E-state index contributed by atoms with van der Waals surface area (Å²) in [6, 6.07) is 6.97. The van der Waals surface area contributed by atoms with Gasteiger partial charge in [0, 0.05) is 5.56 Å². The van der Waals surface area contributed by atoms with E-state index in [-0.39, 0.29) is 5.56 Å². The number of methoxy groups -OCH3 is 6. The first-order valence-corrected chi connectivity index (χ1v) is 10.8. The predicted molar refractivity (Wildman–Crippen MR) is 127 cm³/mol. The predicted octanol–water partition coefficient (Wildman–Crippen LogP) is 2.42. The van der Waals surface area contributed by atoms with Crippen LogP contribution in [0.2, 0.25) is 0 Å². The van der Waals surface area contributed by atoms with Gasteiger partial charge < -0.3 is 28.4 Å². The Labute approximate surface area is 198 Å². The third-order valence-electron chi connectivity index (χ3n) is 5.16. The summed E-state index contributed by atoms with van der Waals surface area (Å²) >= 11 is 1.22. The summed E-state index contributed by atoms with van der Waals surface area (Å²) in [5.41, 5.74) is 1.04. The molecule has 2 aromatic heterocycles. The van der Waals surface area contributed by atoms with Gasteiger partial charge in [0.2, 0.25) is 16.5 Å². The second-order valence-corrected chi connectivity index (χ2v) is 7.94. The molecule has 0 spiro atoms. The zero-order valence-corrected chi connectivity index (χ0v) is 20.3. The summed E-state index contributed by atoms with van der Waals surface area (Å²) in [4.78, 5) is 13.8. The molecule has 4 aromatic rings. The highest BCUT2D eigenvalue weighted by molar-refractivity contribution is 7.15. The molecule has 0 radical (unpaired) electrons. The molecule has 34 heavy (non-hydrogen) atoms. The monoisotopic (exact) mass is 485 g/mol. The Balaban J connectivity index is 1.89. The van der Waals surface area contributed by atoms with Gasteiger partial charge in [-0.05, 0) is 35.9 Å². The standard InChI is InChI=1S/C23H23N3O7S/c1-28-14-7-12(8-15(29-2)19(14)32-5)9-18-22(27)26-21(24-25-23(26)34-18)13-10-16(30-3)20(33-6)17(11-13)31-4/h7-11H,1-6H3. The van der Waals surface area contributed by atoms with Gasteiger partial charge in [0.1, 0.15) is 0 Å². The van der Waals surface area contributed by atoms with E-state index in [0.29, 0.717) is 60.9 Å². The summed E-state index contributed by atoms with van der Waals surface area (Å²) in [5.74, 6) is 3.14. The number of fused-ring (bicyclic) bond motifs is 1. The molecule has 0 unspecified atom stereocenters. The summed E-state index contributed by atoms with van der Waals surface area (Å²) < 4.78 is 34.3. The first-order valence-electron chi connectivity index (χ1n) is 9.99. The highest BCUT2D eigenvalue weighted by Gasteiger charge is 2.20. The molecular formula is C23H23N3O7S. The maximum absolute atomic E-state index is 13.3. The van der Waals surface area contributed by atoms with Crippen LogP contribution in [0.1, 0.15) is 5.56 Å². The number of ether oxygens (including phenoxy) is 6. The molecule has 0 fully saturated rings. The van der Waals surface area contributed by atoms with Gasteiger partial charge in [0.15, 0.2) is 28.8 Å². The van der Waals surface area contributed by atoms with E-state index in [1.165, 1.54) is 58.4 Å². The molecule has 0 amide bonds. The van der Waals surface area contributed by atoms with E-state index in [0.717, 1.165) is 0 Å². The Morgan fingerprint density at radius 3 is 1.71 bits per heavy atom. The molecule has 2 aromatic carbocycles. The molecule has 178 valence electrons. The minimum atomic E-state index is -0.262. The Morgan fingerprint density at radius 1 is 0.735 bits per heavy atom. The van der Waals surface area contributed by atoms with Crippen molar-refractivity contribution in [3.8, 4) is 45.9 Å². The third kappa shape index (κ3) is 3.83. The van der Waals surface area contributed by atoms with E-state index in [1.807, 2.05) is 0 Å². The SMILES string of the molecule is COc1cc(C=c2sc3nnc(-c4cc(OC)c(OC)c(OC)c4)n3c2=O)cc(OC)c1OC. The van der Waals surface area contributed by atoms with E-state index in [1.54, 1.807) is 30.3 Å². The van der Waals surface area contributed by atoms with Gasteiger partial charge >= 0.3 is 0 Å². The smallest absolute Gasteiger partial charge is 0.276 e. The van der Waals surface area contributed by atoms with Crippen molar-refractivity contribution in [2.24, 2.45) is 0 Å². The van der Waals surface area contributed by atoms with Gasteiger partial charge in [-0.15, -0.1) is 10.2 Å². The molecule has 0 bridgehead atoms. The summed E-state index contributed by atoms with van der Waals surface area (Å²) in [5, 5.41) is 8.42. The van der Waals surface area contributed by atoms with Crippen molar-refractivity contribution >= 4 is 22.4 Å². The topological polar surface area (TPSA) is 103 Å². The average Bonchev–Trinajstić information content (AvgIpc) is 3.42. The van der Waals surface area contributed by atoms with Crippen molar-refractivity contribution < 1.29 is 28.4 Å². The Hall–Kier alpha value is -3.99. The van der Waals surface area contributed by atoms with E-state index in [9.17, 15) is 4.79 Å². The Morgan fingerprint density at radius 2 is 1.24 bits per heavy atom. The zero-order chi connectivity index (χ0) is 24.4. The fourth-order valence-electron chi connectivity index (χ4n) is 3.60. The van der Waals surface area contributed by atoms with E-state index < -0.39 is 0 Å². The molecule has 11 heteroatoms. The maximum atomic E-state index is 13.3. The fraction of sp³-hybridized carbons (Fsp3) is 0.261. The van der Waals surface area contributed by atoms with Crippen molar-refractivity contribution in [1.29, 1.82) is 0 Å². The Kier molecular flexibility index (Phi) is 6.46. The first-order chi connectivity index (χ1) is 16.5. The van der Waals surface area contributed by atoms with Crippen molar-refractivity contribution in [3.05, 3.63) is 44.7 Å². The van der Waals surface area contributed by atoms with Crippen LogP contribution < -0.4 is 38.5 Å². The quantitative estimate of drug-likeness (QED) is 0.372. The molecule has 0 atom stereocenters. The van der Waals surface area contributed by atoms with Crippen molar-refractivity contribution in [2.75, 3.05) is 42.7 Å². The number of benzene rings is 2. The molecule has 0 N–H and O–H groups in total. The first kappa shape index (κ1) is 23.2. The molecule has 4 rings (SSSR count). The second-order valence-electron chi connectivity index (χ2n) is 6.93. The molecule has 10 nitrogen and oxygen atoms in total. The average molecular weight is 486 g/mol. The number of rotatable bonds is 8. The van der Waals surface area contributed by atoms with Crippen molar-refractivity contribution in [2.45, 2.75) is 0 Å². The number of hydrogen-bond donors (Lipinski definition) is 0. The second kappa shape index (κ2) is 9.48. The van der Waals surface area contributed by atoms with Gasteiger partial charge in [-0.2, -0.15) is 0 Å². The van der Waals surface area contributed by atoms with Crippen LogP contribution in [0.5, 0.6) is 34.5 Å². The number of thiazole rings is 1. The molecule has 0 saturated carbocycles. The zero-order valence-electron chi connectivity index (χ0n) is 19.5. The molecule has 0 aliphatic rings. The molecule has 0 aliphatic carbocycles. The lowest BCUT2D eigenvalue weighted by molar-refractivity contribution is 0.324. The van der Waals surface area contributed by atoms with Gasteiger partial charge in [0.05, 0.1) is 47.2 Å². The maximum Gasteiger partial charge on any atom is 0.276 e. The van der Waals surface area contributed by atoms with Crippen LogP contribution in [-0.4, -0.2) is 57.3 Å². The summed E-state index contributed by atoms with van der Waals surface area (Å²) in [6.07, 6.45) is 1.74. The number of hydrogen-bond acceptors (Lipinski definition) is 10. The molecule has 2 heterocycles. The van der Waals surface area contributed by atoms with Crippen molar-refractivity contribution in [1.82, 2.24) is 14.6 Å². The number of nitrogens with zero attached hydrogens (tertiary/aromatic N) is 3. The fourth-order valence-corrected chi connectivity index (χ4v) is 4.51. The van der Waals surface area contributed by atoms with Crippen LogP contribution in [0.25, 0.3) is 22.4 Å². The minimum Gasteiger partial charge on any atom is -0.493 e. The van der Waals surface area contributed by atoms with E-state index >= 15 is 0 Å².